The van der Waals surface area contributed by atoms with E-state index in [4.69, 9.17) is 19.1 Å². The summed E-state index contributed by atoms with van der Waals surface area (Å²) in [5.41, 5.74) is 0. The molecule has 31 heavy (non-hydrogen) atoms. The number of carboxylic acid groups (broad SMARTS) is 1. The molecule has 0 unspecified atom stereocenters. The third kappa shape index (κ3) is 6.52. The Labute approximate surface area is 180 Å². The zero-order chi connectivity index (χ0) is 22.4. The van der Waals surface area contributed by atoms with Gasteiger partial charge < -0.3 is 19.6 Å². The average molecular weight is 461 g/mol. The summed E-state index contributed by atoms with van der Waals surface area (Å²) in [7, 11) is 0. The van der Waals surface area contributed by atoms with Gasteiger partial charge in [0.1, 0.15) is 16.9 Å². The van der Waals surface area contributed by atoms with E-state index in [9.17, 15) is 18.0 Å². The first-order valence-electron chi connectivity index (χ1n) is 9.62. The van der Waals surface area contributed by atoms with Gasteiger partial charge in [-0.3, -0.25) is 9.69 Å². The molecule has 0 saturated carbocycles. The molecule has 4 heterocycles. The molecule has 2 aliphatic rings. The van der Waals surface area contributed by atoms with Gasteiger partial charge in [0.25, 0.3) is 0 Å². The lowest BCUT2D eigenvalue weighted by Gasteiger charge is -2.35. The molecule has 2 fully saturated rings. The summed E-state index contributed by atoms with van der Waals surface area (Å²) in [5.74, 6) is -2.04. The van der Waals surface area contributed by atoms with Gasteiger partial charge in [-0.25, -0.2) is 9.78 Å². The first-order chi connectivity index (χ1) is 14.7. The van der Waals surface area contributed by atoms with Crippen LogP contribution in [0.15, 0.2) is 34.4 Å². The number of ether oxygens (including phenoxy) is 1. The van der Waals surface area contributed by atoms with E-state index in [-0.39, 0.29) is 18.1 Å². The van der Waals surface area contributed by atoms with Crippen molar-refractivity contribution in [2.45, 2.75) is 56.8 Å². The molecule has 2 N–H and O–H groups in total. The van der Waals surface area contributed by atoms with Gasteiger partial charge in [-0.15, -0.1) is 11.3 Å². The number of carboxylic acids is 1. The number of furan rings is 1. The third-order valence-electron chi connectivity index (χ3n) is 5.04. The number of likely N-dealkylation sites (tertiary alicyclic amines) is 1. The van der Waals surface area contributed by atoms with Crippen LogP contribution in [0.2, 0.25) is 0 Å². The molecule has 0 spiro atoms. The zero-order valence-electron chi connectivity index (χ0n) is 16.4. The number of nitrogens with one attached hydrogen (secondary N) is 1. The molecule has 2 saturated heterocycles. The van der Waals surface area contributed by atoms with Crippen molar-refractivity contribution in [3.8, 4) is 0 Å². The minimum absolute atomic E-state index is 0.0387. The van der Waals surface area contributed by atoms with Crippen LogP contribution >= 0.6 is 11.3 Å². The highest BCUT2D eigenvalue weighted by atomic mass is 32.1. The maximum absolute atomic E-state index is 12.3. The van der Waals surface area contributed by atoms with Crippen LogP contribution in [0.5, 0.6) is 0 Å². The van der Waals surface area contributed by atoms with Gasteiger partial charge in [0.15, 0.2) is 0 Å². The summed E-state index contributed by atoms with van der Waals surface area (Å²) < 4.78 is 43.1. The third-order valence-corrected chi connectivity index (χ3v) is 5.80. The highest BCUT2D eigenvalue weighted by Gasteiger charge is 2.41. The molecular formula is C19H22F3N3O5S. The smallest absolute Gasteiger partial charge is 0.475 e. The Hall–Kier alpha value is -2.44. The number of nitrogens with zero attached hydrogens (tertiary/aromatic N) is 2. The van der Waals surface area contributed by atoms with E-state index in [1.165, 1.54) is 0 Å². The van der Waals surface area contributed by atoms with E-state index in [1.54, 1.807) is 17.6 Å². The number of aliphatic carboxylic acids is 1. The number of halogens is 3. The summed E-state index contributed by atoms with van der Waals surface area (Å²) in [6, 6.07) is 4.08. The lowest BCUT2D eigenvalue weighted by atomic mass is 9.98. The number of carbonyl (C=O) groups is 2. The lowest BCUT2D eigenvalue weighted by molar-refractivity contribution is -0.192. The highest BCUT2D eigenvalue weighted by molar-refractivity contribution is 7.09. The van der Waals surface area contributed by atoms with Gasteiger partial charge in [0.05, 0.1) is 25.5 Å². The number of hydrogen-bond donors (Lipinski definition) is 2. The van der Waals surface area contributed by atoms with E-state index >= 15 is 0 Å². The quantitative estimate of drug-likeness (QED) is 0.706. The fraction of sp³-hybridized carbons (Fsp3) is 0.526. The molecule has 4 rings (SSSR count). The second-order valence-corrected chi connectivity index (χ2v) is 8.07. The molecule has 0 radical (unpaired) electrons. The Kier molecular flexibility index (Phi) is 7.68. The summed E-state index contributed by atoms with van der Waals surface area (Å²) in [6.45, 7) is 2.31. The van der Waals surface area contributed by atoms with E-state index in [1.807, 2.05) is 23.7 Å². The SMILES string of the molecule is O=C(NCc1ccco1)[C@H]1CC[C@@H]2[C@@H](CCN2Cc2nccs2)O1.O=C(O)C(F)(F)F. The van der Waals surface area contributed by atoms with Crippen molar-refractivity contribution in [1.82, 2.24) is 15.2 Å². The number of fused-ring (bicyclic) bond motifs is 1. The number of carbonyl (C=O) groups excluding carboxylic acids is 1. The molecule has 2 aromatic heterocycles. The van der Waals surface area contributed by atoms with Crippen LogP contribution in [0.4, 0.5) is 13.2 Å². The molecule has 1 amide bonds. The Balaban J connectivity index is 0.000000339. The summed E-state index contributed by atoms with van der Waals surface area (Å²) in [6.07, 6.45) is 0.925. The van der Waals surface area contributed by atoms with Crippen LogP contribution in [0.3, 0.4) is 0 Å². The second-order valence-electron chi connectivity index (χ2n) is 7.09. The standard InChI is InChI=1S/C17H21N3O3S.C2HF3O2/c21-17(19-10-12-2-1-8-22-12)15-4-3-13-14(23-15)5-7-20(13)11-16-18-6-9-24-16;3-2(4,5)1(6)7/h1-2,6,8-9,13-15H,3-5,7,10-11H2,(H,19,21);(H,6,7)/t13-,14-,15-;/m1./s1. The Morgan fingerprint density at radius 1 is 1.32 bits per heavy atom. The number of aromatic nitrogens is 1. The number of alkyl halides is 3. The molecule has 12 heteroatoms. The zero-order valence-corrected chi connectivity index (χ0v) is 17.2. The molecule has 8 nitrogen and oxygen atoms in total. The van der Waals surface area contributed by atoms with Crippen LogP contribution in [0.1, 0.15) is 30.0 Å². The first kappa shape index (κ1) is 23.2. The lowest BCUT2D eigenvalue weighted by Crippen LogP contribution is -2.47. The summed E-state index contributed by atoms with van der Waals surface area (Å²) in [4.78, 5) is 28.0. The van der Waals surface area contributed by atoms with Gasteiger partial charge in [0.2, 0.25) is 5.91 Å². The number of thiazole rings is 1. The Morgan fingerprint density at radius 2 is 2.10 bits per heavy atom. The van der Waals surface area contributed by atoms with Crippen LogP contribution in [-0.2, 0) is 27.4 Å². The van der Waals surface area contributed by atoms with Gasteiger partial charge >= 0.3 is 12.1 Å². The van der Waals surface area contributed by atoms with Gasteiger partial charge in [-0.1, -0.05) is 0 Å². The molecule has 2 aromatic rings. The molecular weight excluding hydrogens is 439 g/mol. The van der Waals surface area contributed by atoms with Gasteiger partial charge in [-0.2, -0.15) is 13.2 Å². The molecule has 2 aliphatic heterocycles. The second kappa shape index (κ2) is 10.2. The fourth-order valence-corrected chi connectivity index (χ4v) is 4.25. The van der Waals surface area contributed by atoms with E-state index in [0.717, 1.165) is 43.1 Å². The minimum Gasteiger partial charge on any atom is -0.475 e. The maximum atomic E-state index is 12.3. The van der Waals surface area contributed by atoms with Gasteiger partial charge in [0, 0.05) is 24.2 Å². The normalized spacial score (nSPS) is 23.5. The molecule has 3 atom stereocenters. The van der Waals surface area contributed by atoms with E-state index in [2.05, 4.69) is 15.2 Å². The van der Waals surface area contributed by atoms with Crippen molar-refractivity contribution < 1.29 is 37.0 Å². The topological polar surface area (TPSA) is 105 Å². The predicted molar refractivity (Wildman–Crippen MR) is 103 cm³/mol. The van der Waals surface area contributed by atoms with Crippen molar-refractivity contribution in [3.63, 3.8) is 0 Å². The molecule has 170 valence electrons. The van der Waals surface area contributed by atoms with Crippen molar-refractivity contribution in [1.29, 1.82) is 0 Å². The maximum Gasteiger partial charge on any atom is 0.490 e. The van der Waals surface area contributed by atoms with Gasteiger partial charge in [-0.05, 0) is 31.4 Å². The minimum atomic E-state index is -5.08. The van der Waals surface area contributed by atoms with Crippen molar-refractivity contribution in [3.05, 3.63) is 40.7 Å². The number of rotatable bonds is 5. The van der Waals surface area contributed by atoms with E-state index in [0.29, 0.717) is 12.6 Å². The van der Waals surface area contributed by atoms with Crippen LogP contribution in [0, 0.1) is 0 Å². The Morgan fingerprint density at radius 3 is 2.71 bits per heavy atom. The van der Waals surface area contributed by atoms with Crippen molar-refractivity contribution in [2.75, 3.05) is 6.54 Å². The fourth-order valence-electron chi connectivity index (χ4n) is 3.61. The summed E-state index contributed by atoms with van der Waals surface area (Å²) >= 11 is 1.69. The van der Waals surface area contributed by atoms with Crippen molar-refractivity contribution in [2.24, 2.45) is 0 Å². The largest absolute Gasteiger partial charge is 0.490 e. The average Bonchev–Trinajstić information content (AvgIpc) is 3.49. The molecule has 0 aliphatic carbocycles. The highest BCUT2D eigenvalue weighted by Crippen LogP contribution is 2.32. The summed E-state index contributed by atoms with van der Waals surface area (Å²) in [5, 5.41) is 13.2. The van der Waals surface area contributed by atoms with Crippen molar-refractivity contribution >= 4 is 23.2 Å². The first-order valence-corrected chi connectivity index (χ1v) is 10.5. The molecule has 0 bridgehead atoms. The monoisotopic (exact) mass is 461 g/mol. The van der Waals surface area contributed by atoms with Crippen LogP contribution in [0.25, 0.3) is 0 Å². The van der Waals surface area contributed by atoms with E-state index < -0.39 is 12.1 Å². The van der Waals surface area contributed by atoms with Crippen LogP contribution < -0.4 is 5.32 Å². The molecule has 0 aromatic carbocycles. The Bertz CT molecular complexity index is 845. The van der Waals surface area contributed by atoms with Crippen LogP contribution in [-0.4, -0.2) is 57.8 Å². The number of hydrogen-bond acceptors (Lipinski definition) is 7. The number of amides is 1. The predicted octanol–water partition coefficient (Wildman–Crippen LogP) is 2.81.